The van der Waals surface area contributed by atoms with E-state index in [1.54, 1.807) is 30.3 Å². The van der Waals surface area contributed by atoms with Crippen molar-refractivity contribution >= 4 is 21.6 Å². The van der Waals surface area contributed by atoms with E-state index in [0.29, 0.717) is 24.6 Å². The number of carbonyl (C=O) groups is 1. The van der Waals surface area contributed by atoms with E-state index in [9.17, 15) is 13.2 Å². The van der Waals surface area contributed by atoms with Gasteiger partial charge in [-0.2, -0.15) is 0 Å². The first-order chi connectivity index (χ1) is 12.0. The van der Waals surface area contributed by atoms with Gasteiger partial charge in [-0.3, -0.25) is 9.52 Å². The largest absolute Gasteiger partial charge is 0.497 e. The van der Waals surface area contributed by atoms with E-state index in [1.807, 2.05) is 0 Å². The number of nitrogens with one attached hydrogen (secondary N) is 2. The van der Waals surface area contributed by atoms with Gasteiger partial charge >= 0.3 is 0 Å². The molecule has 0 fully saturated rings. The van der Waals surface area contributed by atoms with Gasteiger partial charge in [0.25, 0.3) is 15.9 Å². The molecule has 0 atom stereocenters. The van der Waals surface area contributed by atoms with Crippen molar-refractivity contribution in [2.75, 3.05) is 32.1 Å². The number of ether oxygens (including phenoxy) is 2. The third-order valence-electron chi connectivity index (χ3n) is 3.32. The van der Waals surface area contributed by atoms with E-state index in [2.05, 4.69) is 10.0 Å². The summed E-state index contributed by atoms with van der Waals surface area (Å²) in [5.41, 5.74) is 0.624. The zero-order valence-corrected chi connectivity index (χ0v) is 14.8. The monoisotopic (exact) mass is 364 g/mol. The summed E-state index contributed by atoms with van der Waals surface area (Å²) in [7, 11) is -0.799. The molecule has 0 unspecified atom stereocenters. The van der Waals surface area contributed by atoms with Gasteiger partial charge in [0.1, 0.15) is 5.75 Å². The van der Waals surface area contributed by atoms with E-state index in [0.717, 1.165) is 0 Å². The van der Waals surface area contributed by atoms with E-state index < -0.39 is 10.0 Å². The number of hydrogen-bond donors (Lipinski definition) is 2. The third kappa shape index (κ3) is 5.20. The number of amides is 1. The first kappa shape index (κ1) is 18.8. The average molecular weight is 364 g/mol. The van der Waals surface area contributed by atoms with Crippen LogP contribution in [0.5, 0.6) is 5.75 Å². The molecule has 2 rings (SSSR count). The number of rotatable bonds is 8. The minimum absolute atomic E-state index is 0.00490. The van der Waals surface area contributed by atoms with Crippen LogP contribution in [-0.4, -0.2) is 41.7 Å². The van der Waals surface area contributed by atoms with Crippen LogP contribution in [0.15, 0.2) is 53.4 Å². The van der Waals surface area contributed by atoms with Crippen LogP contribution in [-0.2, 0) is 14.8 Å². The van der Waals surface area contributed by atoms with Crippen molar-refractivity contribution in [3.05, 3.63) is 54.1 Å². The predicted octanol–water partition coefficient (Wildman–Crippen LogP) is 1.87. The maximum absolute atomic E-state index is 12.5. The Morgan fingerprint density at radius 2 is 1.84 bits per heavy atom. The lowest BCUT2D eigenvalue weighted by atomic mass is 10.2. The van der Waals surface area contributed by atoms with Crippen LogP contribution >= 0.6 is 0 Å². The summed E-state index contributed by atoms with van der Waals surface area (Å²) >= 11 is 0. The smallest absolute Gasteiger partial charge is 0.261 e. The highest BCUT2D eigenvalue weighted by Crippen LogP contribution is 2.21. The maximum Gasteiger partial charge on any atom is 0.261 e. The van der Waals surface area contributed by atoms with Gasteiger partial charge in [-0.1, -0.05) is 12.1 Å². The fourth-order valence-electron chi connectivity index (χ4n) is 2.07. The van der Waals surface area contributed by atoms with Gasteiger partial charge in [0, 0.05) is 25.3 Å². The van der Waals surface area contributed by atoms with Gasteiger partial charge in [-0.25, -0.2) is 8.42 Å². The van der Waals surface area contributed by atoms with Gasteiger partial charge in [0.2, 0.25) is 0 Å². The van der Waals surface area contributed by atoms with Crippen molar-refractivity contribution in [2.24, 2.45) is 0 Å². The van der Waals surface area contributed by atoms with E-state index in [4.69, 9.17) is 9.47 Å². The van der Waals surface area contributed by atoms with Crippen LogP contribution in [0.3, 0.4) is 0 Å². The Morgan fingerprint density at radius 1 is 1.08 bits per heavy atom. The normalized spacial score (nSPS) is 11.0. The lowest BCUT2D eigenvalue weighted by Gasteiger charge is -2.10. The minimum Gasteiger partial charge on any atom is -0.497 e. The zero-order valence-electron chi connectivity index (χ0n) is 14.0. The van der Waals surface area contributed by atoms with Crippen LogP contribution in [0.25, 0.3) is 0 Å². The SMILES string of the molecule is COCCNC(=O)c1cccc(S(=O)(=O)Nc2cccc(OC)c2)c1. The van der Waals surface area contributed by atoms with Crippen LogP contribution in [0.4, 0.5) is 5.69 Å². The molecule has 2 aromatic carbocycles. The molecule has 0 bridgehead atoms. The quantitative estimate of drug-likeness (QED) is 0.698. The molecular weight excluding hydrogens is 344 g/mol. The standard InChI is InChI=1S/C17H20N2O5S/c1-23-10-9-18-17(20)13-5-3-8-16(11-13)25(21,22)19-14-6-4-7-15(12-14)24-2/h3-8,11-12,19H,9-10H2,1-2H3,(H,18,20). The van der Waals surface area contributed by atoms with Gasteiger partial charge in [-0.05, 0) is 30.3 Å². The molecule has 0 radical (unpaired) electrons. The van der Waals surface area contributed by atoms with E-state index in [-0.39, 0.29) is 16.4 Å². The molecule has 8 heteroatoms. The predicted molar refractivity (Wildman–Crippen MR) is 94.5 cm³/mol. The van der Waals surface area contributed by atoms with Crippen molar-refractivity contribution in [3.63, 3.8) is 0 Å². The summed E-state index contributed by atoms with van der Waals surface area (Å²) in [5, 5.41) is 2.65. The van der Waals surface area contributed by atoms with E-state index in [1.165, 1.54) is 32.4 Å². The Labute approximate surface area is 147 Å². The number of methoxy groups -OCH3 is 2. The fraction of sp³-hybridized carbons (Fsp3) is 0.235. The van der Waals surface area contributed by atoms with Gasteiger partial charge < -0.3 is 14.8 Å². The second-order valence-electron chi connectivity index (χ2n) is 5.11. The van der Waals surface area contributed by atoms with E-state index >= 15 is 0 Å². The number of carbonyl (C=O) groups excluding carboxylic acids is 1. The topological polar surface area (TPSA) is 93.7 Å². The Hall–Kier alpha value is -2.58. The summed E-state index contributed by atoms with van der Waals surface area (Å²) in [6, 6.07) is 12.4. The molecule has 0 spiro atoms. The Kier molecular flexibility index (Phi) is 6.37. The Balaban J connectivity index is 2.18. The summed E-state index contributed by atoms with van der Waals surface area (Å²) in [6.07, 6.45) is 0. The molecule has 0 saturated carbocycles. The van der Waals surface area contributed by atoms with Crippen LogP contribution in [0, 0.1) is 0 Å². The molecule has 0 heterocycles. The lowest BCUT2D eigenvalue weighted by Crippen LogP contribution is -2.27. The van der Waals surface area contributed by atoms with Crippen molar-refractivity contribution in [1.82, 2.24) is 5.32 Å². The molecule has 2 aromatic rings. The lowest BCUT2D eigenvalue weighted by molar-refractivity contribution is 0.0937. The molecule has 0 aromatic heterocycles. The van der Waals surface area contributed by atoms with Gasteiger partial charge in [-0.15, -0.1) is 0 Å². The number of hydrogen-bond acceptors (Lipinski definition) is 5. The number of benzene rings is 2. The van der Waals surface area contributed by atoms with Crippen LogP contribution in [0.2, 0.25) is 0 Å². The second kappa shape index (κ2) is 8.50. The fourth-order valence-corrected chi connectivity index (χ4v) is 3.17. The Morgan fingerprint density at radius 3 is 2.56 bits per heavy atom. The average Bonchev–Trinajstić information content (AvgIpc) is 2.61. The maximum atomic E-state index is 12.5. The van der Waals surface area contributed by atoms with Gasteiger partial charge in [0.15, 0.2) is 0 Å². The summed E-state index contributed by atoms with van der Waals surface area (Å²) in [5.74, 6) is 0.168. The molecule has 0 aliphatic heterocycles. The van der Waals surface area contributed by atoms with Crippen molar-refractivity contribution in [2.45, 2.75) is 4.90 Å². The van der Waals surface area contributed by atoms with Crippen LogP contribution in [0.1, 0.15) is 10.4 Å². The highest BCUT2D eigenvalue weighted by atomic mass is 32.2. The number of sulfonamides is 1. The molecule has 0 aliphatic carbocycles. The summed E-state index contributed by atoms with van der Waals surface area (Å²) in [4.78, 5) is 12.0. The molecule has 134 valence electrons. The van der Waals surface area contributed by atoms with Crippen molar-refractivity contribution in [3.8, 4) is 5.75 Å². The third-order valence-corrected chi connectivity index (χ3v) is 4.70. The minimum atomic E-state index is -3.83. The van der Waals surface area contributed by atoms with Crippen molar-refractivity contribution in [1.29, 1.82) is 0 Å². The molecule has 7 nitrogen and oxygen atoms in total. The van der Waals surface area contributed by atoms with Crippen molar-refractivity contribution < 1.29 is 22.7 Å². The Bertz CT molecular complexity index is 836. The summed E-state index contributed by atoms with van der Waals surface area (Å²) < 4.78 is 37.5. The molecule has 25 heavy (non-hydrogen) atoms. The summed E-state index contributed by atoms with van der Waals surface area (Å²) in [6.45, 7) is 0.718. The highest BCUT2D eigenvalue weighted by Gasteiger charge is 2.16. The number of anilines is 1. The molecule has 0 saturated heterocycles. The molecular formula is C17H20N2O5S. The highest BCUT2D eigenvalue weighted by molar-refractivity contribution is 7.92. The van der Waals surface area contributed by atoms with Crippen LogP contribution < -0.4 is 14.8 Å². The first-order valence-corrected chi connectivity index (χ1v) is 8.98. The molecule has 0 aliphatic rings. The molecule has 1 amide bonds. The zero-order chi connectivity index (χ0) is 18.3. The van der Waals surface area contributed by atoms with Gasteiger partial charge in [0.05, 0.1) is 24.3 Å². The first-order valence-electron chi connectivity index (χ1n) is 7.50. The molecule has 2 N–H and O–H groups in total. The second-order valence-corrected chi connectivity index (χ2v) is 6.80.